The van der Waals surface area contributed by atoms with Crippen LogP contribution in [0.3, 0.4) is 0 Å². The third-order valence-corrected chi connectivity index (χ3v) is 3.75. The van der Waals surface area contributed by atoms with Crippen LogP contribution < -0.4 is 10.2 Å². The van der Waals surface area contributed by atoms with Crippen LogP contribution in [0.1, 0.15) is 45.9 Å². The Balaban J connectivity index is 1.93. The topological polar surface area (TPSA) is 54.2 Å². The van der Waals surface area contributed by atoms with Gasteiger partial charge in [0.2, 0.25) is 5.89 Å². The van der Waals surface area contributed by atoms with Crippen LogP contribution in [-0.2, 0) is 6.42 Å². The normalized spacial score (nSPS) is 16.6. The van der Waals surface area contributed by atoms with E-state index in [0.29, 0.717) is 6.04 Å². The van der Waals surface area contributed by atoms with Crippen LogP contribution in [0.2, 0.25) is 0 Å². The van der Waals surface area contributed by atoms with Crippen LogP contribution >= 0.6 is 0 Å². The van der Waals surface area contributed by atoms with Crippen LogP contribution in [0, 0.1) is 5.92 Å². The van der Waals surface area contributed by atoms with E-state index < -0.39 is 0 Å². The van der Waals surface area contributed by atoms with E-state index >= 15 is 0 Å². The number of nitrogens with one attached hydrogen (secondary N) is 1. The molecule has 1 atom stereocenters. The molecule has 5 nitrogen and oxygen atoms in total. The summed E-state index contributed by atoms with van der Waals surface area (Å²) < 4.78 is 5.39. The van der Waals surface area contributed by atoms with Gasteiger partial charge in [0.05, 0.1) is 0 Å². The first-order valence-electron chi connectivity index (χ1n) is 7.59. The minimum atomic E-state index is 0.505. The lowest BCUT2D eigenvalue weighted by Crippen LogP contribution is -2.33. The molecule has 2 rings (SSSR count). The molecule has 108 valence electrons. The van der Waals surface area contributed by atoms with Crippen LogP contribution in [0.4, 0.5) is 5.95 Å². The van der Waals surface area contributed by atoms with Crippen molar-refractivity contribution in [3.63, 3.8) is 0 Å². The predicted octanol–water partition coefficient (Wildman–Crippen LogP) is 2.24. The maximum absolute atomic E-state index is 5.39. The van der Waals surface area contributed by atoms with Crippen LogP contribution in [0.25, 0.3) is 0 Å². The van der Waals surface area contributed by atoms with Gasteiger partial charge in [-0.3, -0.25) is 0 Å². The van der Waals surface area contributed by atoms with E-state index in [2.05, 4.69) is 41.1 Å². The van der Waals surface area contributed by atoms with Gasteiger partial charge in [-0.05, 0) is 50.7 Å². The zero-order valence-electron chi connectivity index (χ0n) is 12.4. The van der Waals surface area contributed by atoms with Gasteiger partial charge in [-0.1, -0.05) is 6.92 Å². The molecule has 19 heavy (non-hydrogen) atoms. The van der Waals surface area contributed by atoms with Crippen LogP contribution in [0.5, 0.6) is 0 Å². The monoisotopic (exact) mass is 266 g/mol. The van der Waals surface area contributed by atoms with Gasteiger partial charge < -0.3 is 14.7 Å². The molecule has 0 radical (unpaired) electrons. The Hall–Kier alpha value is -1.10. The molecule has 1 aliphatic carbocycles. The standard InChI is InChI=1S/C14H26N4O/c1-4-9-15-12(11-7-8-11)10-13-16-14(17-19-13)18(5-2)6-3/h11-12,15H,4-10H2,1-3H3. The van der Waals surface area contributed by atoms with Gasteiger partial charge in [-0.15, -0.1) is 0 Å². The Morgan fingerprint density at radius 3 is 2.63 bits per heavy atom. The van der Waals surface area contributed by atoms with Crippen molar-refractivity contribution in [2.75, 3.05) is 24.5 Å². The third kappa shape index (κ3) is 3.93. The highest BCUT2D eigenvalue weighted by molar-refractivity contribution is 5.26. The molecule has 1 aromatic heterocycles. The Kier molecular flexibility index (Phi) is 5.19. The Bertz CT molecular complexity index is 371. The average molecular weight is 266 g/mol. The number of anilines is 1. The highest BCUT2D eigenvalue weighted by atomic mass is 16.5. The molecule has 5 heteroatoms. The Morgan fingerprint density at radius 2 is 2.05 bits per heavy atom. The molecular weight excluding hydrogens is 240 g/mol. The summed E-state index contributed by atoms with van der Waals surface area (Å²) in [6.45, 7) is 9.30. The molecule has 1 heterocycles. The van der Waals surface area contributed by atoms with E-state index in [1.54, 1.807) is 0 Å². The minimum absolute atomic E-state index is 0.505. The lowest BCUT2D eigenvalue weighted by Gasteiger charge is -2.16. The number of rotatable bonds is 9. The second-order valence-corrected chi connectivity index (χ2v) is 5.26. The Morgan fingerprint density at radius 1 is 1.32 bits per heavy atom. The van der Waals surface area contributed by atoms with E-state index in [0.717, 1.165) is 50.2 Å². The first kappa shape index (κ1) is 14.3. The van der Waals surface area contributed by atoms with Crippen LogP contribution in [-0.4, -0.2) is 35.8 Å². The molecular formula is C14H26N4O. The van der Waals surface area contributed by atoms with Crippen molar-refractivity contribution >= 4 is 5.95 Å². The summed E-state index contributed by atoms with van der Waals surface area (Å²) in [5.74, 6) is 2.29. The zero-order valence-corrected chi connectivity index (χ0v) is 12.4. The number of aromatic nitrogens is 2. The van der Waals surface area contributed by atoms with Gasteiger partial charge in [0.25, 0.3) is 5.95 Å². The SMILES string of the molecule is CCCNC(Cc1nc(N(CC)CC)no1)C1CC1. The van der Waals surface area contributed by atoms with Crippen molar-refractivity contribution < 1.29 is 4.52 Å². The lowest BCUT2D eigenvalue weighted by atomic mass is 10.1. The molecule has 1 N–H and O–H groups in total. The fraction of sp³-hybridized carbons (Fsp3) is 0.857. The molecule has 1 fully saturated rings. The van der Waals surface area contributed by atoms with Crippen molar-refractivity contribution in [2.45, 2.75) is 52.5 Å². The van der Waals surface area contributed by atoms with Crippen molar-refractivity contribution in [1.82, 2.24) is 15.5 Å². The van der Waals surface area contributed by atoms with Crippen molar-refractivity contribution in [1.29, 1.82) is 0 Å². The van der Waals surface area contributed by atoms with E-state index in [9.17, 15) is 0 Å². The molecule has 1 aliphatic rings. The summed E-state index contributed by atoms with van der Waals surface area (Å²) in [7, 11) is 0. The highest BCUT2D eigenvalue weighted by Gasteiger charge is 2.32. The molecule has 0 spiro atoms. The fourth-order valence-corrected chi connectivity index (χ4v) is 2.39. The largest absolute Gasteiger partial charge is 0.339 e. The van der Waals surface area contributed by atoms with Gasteiger partial charge in [0.1, 0.15) is 0 Å². The highest BCUT2D eigenvalue weighted by Crippen LogP contribution is 2.34. The smallest absolute Gasteiger partial charge is 0.266 e. The molecule has 1 unspecified atom stereocenters. The molecule has 0 aliphatic heterocycles. The van der Waals surface area contributed by atoms with Gasteiger partial charge in [0, 0.05) is 25.6 Å². The second kappa shape index (κ2) is 6.89. The summed E-state index contributed by atoms with van der Waals surface area (Å²) in [5.41, 5.74) is 0. The first-order chi connectivity index (χ1) is 9.28. The van der Waals surface area contributed by atoms with Gasteiger partial charge in [0.15, 0.2) is 0 Å². The quantitative estimate of drug-likeness (QED) is 0.743. The maximum atomic E-state index is 5.39. The summed E-state index contributed by atoms with van der Waals surface area (Å²) in [5, 5.41) is 7.69. The van der Waals surface area contributed by atoms with Gasteiger partial charge in [-0.2, -0.15) is 4.98 Å². The molecule has 1 aromatic rings. The van der Waals surface area contributed by atoms with Crippen molar-refractivity contribution in [3.05, 3.63) is 5.89 Å². The van der Waals surface area contributed by atoms with Gasteiger partial charge in [-0.25, -0.2) is 0 Å². The summed E-state index contributed by atoms with van der Waals surface area (Å²) >= 11 is 0. The molecule has 0 bridgehead atoms. The van der Waals surface area contributed by atoms with E-state index in [-0.39, 0.29) is 0 Å². The van der Waals surface area contributed by atoms with Crippen LogP contribution in [0.15, 0.2) is 4.52 Å². The minimum Gasteiger partial charge on any atom is -0.339 e. The second-order valence-electron chi connectivity index (χ2n) is 5.26. The van der Waals surface area contributed by atoms with Crippen molar-refractivity contribution in [3.8, 4) is 0 Å². The van der Waals surface area contributed by atoms with E-state index in [4.69, 9.17) is 4.52 Å². The Labute approximate surface area is 115 Å². The summed E-state index contributed by atoms with van der Waals surface area (Å²) in [6.07, 6.45) is 4.69. The van der Waals surface area contributed by atoms with Crippen molar-refractivity contribution in [2.24, 2.45) is 5.92 Å². The number of hydrogen-bond donors (Lipinski definition) is 1. The summed E-state index contributed by atoms with van der Waals surface area (Å²) in [6, 6.07) is 0.505. The average Bonchev–Trinajstić information content (AvgIpc) is 3.17. The zero-order chi connectivity index (χ0) is 13.7. The molecule has 0 aromatic carbocycles. The maximum Gasteiger partial charge on any atom is 0.266 e. The number of nitrogens with zero attached hydrogens (tertiary/aromatic N) is 3. The molecule has 0 amide bonds. The number of hydrogen-bond acceptors (Lipinski definition) is 5. The van der Waals surface area contributed by atoms with E-state index in [1.165, 1.54) is 12.8 Å². The predicted molar refractivity (Wildman–Crippen MR) is 76.4 cm³/mol. The lowest BCUT2D eigenvalue weighted by molar-refractivity contribution is 0.345. The van der Waals surface area contributed by atoms with E-state index in [1.807, 2.05) is 0 Å². The summed E-state index contributed by atoms with van der Waals surface area (Å²) in [4.78, 5) is 6.63. The molecule has 0 saturated heterocycles. The fourth-order valence-electron chi connectivity index (χ4n) is 2.39. The third-order valence-electron chi connectivity index (χ3n) is 3.75. The molecule has 1 saturated carbocycles. The first-order valence-corrected chi connectivity index (χ1v) is 7.59. The van der Waals surface area contributed by atoms with Gasteiger partial charge >= 0.3 is 0 Å².